The van der Waals surface area contributed by atoms with Crippen LogP contribution in [0.1, 0.15) is 19.4 Å². The molecule has 1 saturated heterocycles. The first-order valence-corrected chi connectivity index (χ1v) is 8.49. The van der Waals surface area contributed by atoms with Gasteiger partial charge in [-0.3, -0.25) is 0 Å². The van der Waals surface area contributed by atoms with Crippen LogP contribution in [0.2, 0.25) is 0 Å². The summed E-state index contributed by atoms with van der Waals surface area (Å²) < 4.78 is 19.5. The highest BCUT2D eigenvalue weighted by Gasteiger charge is 2.41. The van der Waals surface area contributed by atoms with E-state index in [0.29, 0.717) is 0 Å². The van der Waals surface area contributed by atoms with Gasteiger partial charge < -0.3 is 35.1 Å². The summed E-state index contributed by atoms with van der Waals surface area (Å²) in [5.74, 6) is -2.12. The van der Waals surface area contributed by atoms with Gasteiger partial charge in [-0.15, -0.1) is 12.4 Å². The second-order valence-corrected chi connectivity index (χ2v) is 6.14. The van der Waals surface area contributed by atoms with Crippen molar-refractivity contribution in [2.45, 2.75) is 38.4 Å². The number of benzene rings is 1. The lowest BCUT2D eigenvalue weighted by atomic mass is 10.2. The van der Waals surface area contributed by atoms with Crippen molar-refractivity contribution >= 4 is 30.4 Å². The van der Waals surface area contributed by atoms with Gasteiger partial charge in [0.1, 0.15) is 6.61 Å². The number of carbonyl (C=O) groups excluding carboxylic acids is 3. The van der Waals surface area contributed by atoms with E-state index in [4.69, 9.17) is 25.1 Å². The molecule has 2 atom stereocenters. The lowest BCUT2D eigenvalue weighted by Gasteiger charge is -2.15. The van der Waals surface area contributed by atoms with Crippen LogP contribution in [-0.4, -0.2) is 61.3 Å². The average molecular weight is 435 g/mol. The van der Waals surface area contributed by atoms with Gasteiger partial charge in [-0.05, 0) is 5.56 Å². The molecular weight excluding hydrogens is 408 g/mol. The maximum Gasteiger partial charge on any atom is 0.407 e. The molecule has 1 heterocycles. The van der Waals surface area contributed by atoms with Crippen LogP contribution in [0.15, 0.2) is 30.3 Å². The predicted molar refractivity (Wildman–Crippen MR) is 104 cm³/mol. The van der Waals surface area contributed by atoms with Crippen LogP contribution in [0, 0.1) is 0 Å². The Morgan fingerprint density at radius 1 is 1.31 bits per heavy atom. The van der Waals surface area contributed by atoms with Gasteiger partial charge in [-0.2, -0.15) is 0 Å². The summed E-state index contributed by atoms with van der Waals surface area (Å²) in [6.07, 6.45) is -2.57. The van der Waals surface area contributed by atoms with Crippen molar-refractivity contribution in [3.05, 3.63) is 35.9 Å². The number of carbonyl (C=O) groups is 3. The van der Waals surface area contributed by atoms with E-state index in [-0.39, 0.29) is 32.1 Å². The fourth-order valence-electron chi connectivity index (χ4n) is 2.03. The summed E-state index contributed by atoms with van der Waals surface area (Å²) in [4.78, 5) is 33.1. The summed E-state index contributed by atoms with van der Waals surface area (Å²) in [7, 11) is 1.20. The largest absolute Gasteiger partial charge is 0.467 e. The monoisotopic (exact) mass is 434 g/mol. The van der Waals surface area contributed by atoms with Gasteiger partial charge in [0.2, 0.25) is 5.79 Å². The van der Waals surface area contributed by atoms with Crippen molar-refractivity contribution in [1.82, 2.24) is 5.32 Å². The molecule has 0 aromatic heterocycles. The number of aliphatic hydroxyl groups is 1. The molecule has 1 amide bonds. The van der Waals surface area contributed by atoms with E-state index in [0.717, 1.165) is 5.56 Å². The summed E-state index contributed by atoms with van der Waals surface area (Å²) in [6.45, 7) is 3.38. The number of rotatable bonds is 6. The molecule has 0 aliphatic carbocycles. The molecule has 0 spiro atoms. The van der Waals surface area contributed by atoms with Gasteiger partial charge in [-0.1, -0.05) is 30.3 Å². The lowest BCUT2D eigenvalue weighted by Crippen LogP contribution is -2.36. The predicted octanol–water partition coefficient (Wildman–Crippen LogP) is 0.492. The molecule has 164 valence electrons. The summed E-state index contributed by atoms with van der Waals surface area (Å²) in [6, 6.07) is 9.32. The molecule has 1 aromatic carbocycles. The Morgan fingerprint density at radius 3 is 2.38 bits per heavy atom. The third kappa shape index (κ3) is 10.1. The Kier molecular flexibility index (Phi) is 11.9. The first kappa shape index (κ1) is 26.6. The normalized spacial score (nSPS) is 17.6. The first-order chi connectivity index (χ1) is 13.2. The Labute approximate surface area is 175 Å². The van der Waals surface area contributed by atoms with Gasteiger partial charge in [0.15, 0.2) is 12.2 Å². The highest BCUT2D eigenvalue weighted by molar-refractivity contribution is 5.85. The lowest BCUT2D eigenvalue weighted by molar-refractivity contribution is -0.160. The minimum absolute atomic E-state index is 0. The maximum atomic E-state index is 11.5. The molecule has 29 heavy (non-hydrogen) atoms. The maximum absolute atomic E-state index is 11.5. The van der Waals surface area contributed by atoms with Gasteiger partial charge in [0.05, 0.1) is 13.7 Å². The van der Waals surface area contributed by atoms with Crippen LogP contribution in [0.5, 0.6) is 0 Å². The average Bonchev–Trinajstić information content (AvgIpc) is 2.96. The molecule has 0 unspecified atom stereocenters. The number of alkyl carbamates (subject to hydrolysis) is 1. The van der Waals surface area contributed by atoms with Gasteiger partial charge in [-0.25, -0.2) is 14.4 Å². The summed E-state index contributed by atoms with van der Waals surface area (Å²) in [5, 5.41) is 11.0. The van der Waals surface area contributed by atoms with Crippen molar-refractivity contribution < 1.29 is 38.4 Å². The zero-order valence-corrected chi connectivity index (χ0v) is 17.3. The third-order valence-electron chi connectivity index (χ3n) is 3.38. The SMILES string of the molecule is CC1(C)OC(=O)[C@@H](CNC(=O)OCc2ccccc2)O1.COC(=O)[C@H](O)CN.Cl. The van der Waals surface area contributed by atoms with E-state index in [1.165, 1.54) is 7.11 Å². The van der Waals surface area contributed by atoms with Gasteiger partial charge in [0, 0.05) is 20.4 Å². The number of amides is 1. The number of nitrogens with one attached hydrogen (secondary N) is 1. The molecule has 0 radical (unpaired) electrons. The van der Waals surface area contributed by atoms with Crippen LogP contribution in [0.3, 0.4) is 0 Å². The standard InChI is InChI=1S/C14H17NO5.C4H9NO3.ClH/c1-14(2)19-11(12(16)20-14)8-15-13(17)18-9-10-6-4-3-5-7-10;1-8-4(7)3(6)2-5;/h3-7,11H,8-9H2,1-2H3,(H,15,17);3,6H,2,5H2,1H3;1H/t11-;3-;/m11./s1. The minimum atomic E-state index is -1.17. The highest BCUT2D eigenvalue weighted by Crippen LogP contribution is 2.23. The number of esters is 2. The Morgan fingerprint density at radius 2 is 1.93 bits per heavy atom. The second kappa shape index (κ2) is 12.9. The van der Waals surface area contributed by atoms with Crippen molar-refractivity contribution in [3.8, 4) is 0 Å². The molecule has 11 heteroatoms. The number of halogens is 1. The zero-order valence-electron chi connectivity index (χ0n) is 16.5. The molecule has 1 aliphatic heterocycles. The van der Waals surface area contributed by atoms with E-state index in [2.05, 4.69) is 10.1 Å². The molecule has 1 aromatic rings. The first-order valence-electron chi connectivity index (χ1n) is 8.49. The molecule has 0 bridgehead atoms. The van der Waals surface area contributed by atoms with Crippen molar-refractivity contribution in [3.63, 3.8) is 0 Å². The van der Waals surface area contributed by atoms with E-state index < -0.39 is 36.0 Å². The molecule has 0 saturated carbocycles. The fourth-order valence-corrected chi connectivity index (χ4v) is 2.03. The zero-order chi connectivity index (χ0) is 21.2. The van der Waals surface area contributed by atoms with Crippen molar-refractivity contribution in [1.29, 1.82) is 0 Å². The van der Waals surface area contributed by atoms with E-state index in [1.807, 2.05) is 30.3 Å². The summed E-state index contributed by atoms with van der Waals surface area (Å²) in [5.41, 5.74) is 5.79. The van der Waals surface area contributed by atoms with Crippen LogP contribution in [0.25, 0.3) is 0 Å². The van der Waals surface area contributed by atoms with Crippen LogP contribution >= 0.6 is 12.4 Å². The van der Waals surface area contributed by atoms with Crippen LogP contribution in [0.4, 0.5) is 4.79 Å². The topological polar surface area (TPSA) is 146 Å². The number of aliphatic hydroxyl groups excluding tert-OH is 1. The Balaban J connectivity index is 0.000000747. The number of cyclic esters (lactones) is 1. The Hall–Kier alpha value is -2.40. The number of hydrogen-bond acceptors (Lipinski definition) is 9. The third-order valence-corrected chi connectivity index (χ3v) is 3.38. The van der Waals surface area contributed by atoms with Gasteiger partial charge in [0.25, 0.3) is 0 Å². The molecule has 10 nitrogen and oxygen atoms in total. The van der Waals surface area contributed by atoms with Crippen LogP contribution < -0.4 is 11.1 Å². The van der Waals surface area contributed by atoms with Crippen LogP contribution in [-0.2, 0) is 35.1 Å². The quantitative estimate of drug-likeness (QED) is 0.430. The highest BCUT2D eigenvalue weighted by atomic mass is 35.5. The number of nitrogens with two attached hydrogens (primary N) is 1. The fraction of sp³-hybridized carbons (Fsp3) is 0.500. The van der Waals surface area contributed by atoms with Crippen molar-refractivity contribution in [2.75, 3.05) is 20.2 Å². The smallest absolute Gasteiger partial charge is 0.407 e. The van der Waals surface area contributed by atoms with E-state index in [1.54, 1.807) is 13.8 Å². The number of methoxy groups -OCH3 is 1. The van der Waals surface area contributed by atoms with E-state index in [9.17, 15) is 14.4 Å². The molecule has 4 N–H and O–H groups in total. The Bertz CT molecular complexity index is 657. The van der Waals surface area contributed by atoms with Gasteiger partial charge >= 0.3 is 18.0 Å². The number of hydrogen-bond donors (Lipinski definition) is 3. The second-order valence-electron chi connectivity index (χ2n) is 6.14. The summed E-state index contributed by atoms with van der Waals surface area (Å²) >= 11 is 0. The molecule has 1 aliphatic rings. The minimum Gasteiger partial charge on any atom is -0.467 e. The molecule has 2 rings (SSSR count). The molecule has 1 fully saturated rings. The number of ether oxygens (including phenoxy) is 4. The van der Waals surface area contributed by atoms with E-state index >= 15 is 0 Å². The van der Waals surface area contributed by atoms with Crippen molar-refractivity contribution in [2.24, 2.45) is 5.73 Å². The molecular formula is C18H27ClN2O8.